The first-order chi connectivity index (χ1) is 21.4. The van der Waals surface area contributed by atoms with Crippen molar-refractivity contribution in [3.63, 3.8) is 0 Å². The minimum absolute atomic E-state index is 0.0680. The number of imidazole rings is 1. The first kappa shape index (κ1) is 31.9. The molecule has 0 saturated carbocycles. The number of hydrogen-bond donors (Lipinski definition) is 5. The molecule has 6 rings (SSSR count). The van der Waals surface area contributed by atoms with Gasteiger partial charge >= 0.3 is 23.4 Å². The number of phosphoric acid groups is 2. The molecule has 2 aliphatic heterocycles. The van der Waals surface area contributed by atoms with Crippen molar-refractivity contribution in [3.05, 3.63) is 78.9 Å². The summed E-state index contributed by atoms with van der Waals surface area (Å²) in [5.74, 6) is 0.138. The smallest absolute Gasteiger partial charge is 0.382 e. The number of phosphoric ester groups is 1. The number of benzene rings is 2. The van der Waals surface area contributed by atoms with Crippen LogP contribution in [0.15, 0.2) is 73.3 Å². The number of rotatable bonds is 12. The molecule has 4 heterocycles. The summed E-state index contributed by atoms with van der Waals surface area (Å²) in [6.07, 6.45) is -1.32. The zero-order chi connectivity index (χ0) is 31.8. The number of para-hydroxylation sites is 1. The summed E-state index contributed by atoms with van der Waals surface area (Å²) >= 11 is 0. The molecule has 240 valence electrons. The zero-order valence-corrected chi connectivity index (χ0v) is 25.6. The van der Waals surface area contributed by atoms with Crippen molar-refractivity contribution in [3.8, 4) is 0 Å². The van der Waals surface area contributed by atoms with E-state index >= 15 is 0 Å². The quantitative estimate of drug-likeness (QED) is 0.134. The Balaban J connectivity index is 1.16. The van der Waals surface area contributed by atoms with Gasteiger partial charge in [0.1, 0.15) is 30.2 Å². The van der Waals surface area contributed by atoms with Crippen molar-refractivity contribution in [2.45, 2.75) is 37.3 Å². The van der Waals surface area contributed by atoms with Crippen molar-refractivity contribution < 1.29 is 55.7 Å². The number of nitrogens with one attached hydrogen (secondary N) is 1. The highest BCUT2D eigenvalue weighted by Gasteiger charge is 2.54. The van der Waals surface area contributed by atoms with E-state index in [2.05, 4.69) is 23.6 Å². The van der Waals surface area contributed by atoms with Gasteiger partial charge in [0.05, 0.1) is 12.9 Å². The first-order valence-corrected chi connectivity index (χ1v) is 17.8. The van der Waals surface area contributed by atoms with Crippen molar-refractivity contribution >= 4 is 46.1 Å². The van der Waals surface area contributed by atoms with Crippen LogP contribution in [0.25, 0.3) is 11.2 Å². The van der Waals surface area contributed by atoms with Crippen LogP contribution in [-0.4, -0.2) is 65.4 Å². The predicted octanol–water partition coefficient (Wildman–Crippen LogP) is 3.12. The van der Waals surface area contributed by atoms with Crippen molar-refractivity contribution in [2.24, 2.45) is 0 Å². The fourth-order valence-electron chi connectivity index (χ4n) is 4.89. The molecule has 6 N–H and O–H groups in total. The summed E-state index contributed by atoms with van der Waals surface area (Å²) in [7, 11) is -16.1. The molecule has 2 fully saturated rings. The van der Waals surface area contributed by atoms with Crippen molar-refractivity contribution in [1.82, 2.24) is 19.5 Å². The molecule has 4 aromatic rings. The van der Waals surface area contributed by atoms with E-state index in [0.717, 1.165) is 5.56 Å². The number of nitrogens with zero attached hydrogens (tertiary/aromatic N) is 4. The van der Waals surface area contributed by atoms with Crippen molar-refractivity contribution in [2.75, 3.05) is 17.4 Å². The monoisotopic (exact) mass is 684 g/mol. The molecule has 0 spiro atoms. The van der Waals surface area contributed by atoms with Gasteiger partial charge in [-0.05, 0) is 17.7 Å². The van der Waals surface area contributed by atoms with Crippen LogP contribution in [-0.2, 0) is 47.5 Å². The SMILES string of the molecule is Nc1ncnc2c1ncn2[C@@H]1O[C@H](COP(=O)(O)OP(=O)(O)OP(=O)(O)Nc2ccccc2)C2OC(Cc3ccccc3)O[C@@H]21. The summed E-state index contributed by atoms with van der Waals surface area (Å²) in [5, 5.41) is 2.01. The standard InChI is InChI=1S/C24H27N6O12P3/c25-22-19-23(27-13-26-22)30(14-28-19)24-21-20(39-18(40-21)11-15-7-3-1-4-8-15)17(38-24)12-37-44(33,34)42-45(35,36)41-43(31,32)29-16-9-5-2-6-10-16/h1-10,13-14,17-18,20-21,24H,11-12H2,(H,33,34)(H,35,36)(H2,25,26,27)(H2,29,31,32)/t17-,18?,20?,21+,24-/m1/s1. The fraction of sp³-hybridized carbons (Fsp3) is 0.292. The summed E-state index contributed by atoms with van der Waals surface area (Å²) in [5.41, 5.74) is 7.56. The summed E-state index contributed by atoms with van der Waals surface area (Å²) in [4.78, 5) is 42.6. The number of ether oxygens (including phenoxy) is 3. The van der Waals surface area contributed by atoms with E-state index in [1.807, 2.05) is 35.4 Å². The first-order valence-electron chi connectivity index (χ1n) is 13.2. The molecule has 21 heteroatoms. The van der Waals surface area contributed by atoms with Crippen LogP contribution in [0.1, 0.15) is 11.8 Å². The molecule has 0 radical (unpaired) electrons. The summed E-state index contributed by atoms with van der Waals surface area (Å²) < 4.78 is 70.9. The Morgan fingerprint density at radius 2 is 1.56 bits per heavy atom. The number of nitrogen functional groups attached to an aromatic ring is 1. The lowest BCUT2D eigenvalue weighted by molar-refractivity contribution is -0.149. The normalized spacial score (nSPS) is 27.0. The molecule has 2 saturated heterocycles. The Morgan fingerprint density at radius 3 is 2.29 bits per heavy atom. The maximum absolute atomic E-state index is 12.7. The molecule has 0 amide bonds. The number of aromatic nitrogens is 4. The van der Waals surface area contributed by atoms with Gasteiger partial charge < -0.3 is 34.6 Å². The van der Waals surface area contributed by atoms with Crippen LogP contribution >= 0.6 is 23.4 Å². The third kappa shape index (κ3) is 7.50. The van der Waals surface area contributed by atoms with Gasteiger partial charge in [0.25, 0.3) is 0 Å². The van der Waals surface area contributed by atoms with Gasteiger partial charge in [0.15, 0.2) is 24.0 Å². The number of fused-ring (bicyclic) bond motifs is 2. The Bertz CT molecular complexity index is 1800. The molecular formula is C24H27N6O12P3. The van der Waals surface area contributed by atoms with Gasteiger partial charge in [-0.1, -0.05) is 48.5 Å². The molecule has 2 aromatic carbocycles. The molecule has 5 unspecified atom stereocenters. The zero-order valence-electron chi connectivity index (χ0n) is 23.0. The van der Waals surface area contributed by atoms with Gasteiger partial charge in [-0.15, -0.1) is 0 Å². The third-order valence-electron chi connectivity index (χ3n) is 6.68. The third-order valence-corrected chi connectivity index (χ3v) is 11.1. The number of anilines is 2. The highest BCUT2D eigenvalue weighted by Crippen LogP contribution is 2.67. The van der Waals surface area contributed by atoms with Crippen LogP contribution in [0, 0.1) is 0 Å². The van der Waals surface area contributed by atoms with E-state index in [1.54, 1.807) is 10.6 Å². The molecule has 2 aliphatic rings. The van der Waals surface area contributed by atoms with Gasteiger partial charge in [0, 0.05) is 12.1 Å². The van der Waals surface area contributed by atoms with E-state index in [9.17, 15) is 28.4 Å². The number of hydrogen-bond acceptors (Lipinski definition) is 13. The van der Waals surface area contributed by atoms with Gasteiger partial charge in [-0.3, -0.25) is 14.2 Å². The van der Waals surface area contributed by atoms with E-state index in [1.165, 1.54) is 36.9 Å². The largest absolute Gasteiger partial charge is 0.489 e. The average molecular weight is 684 g/mol. The lowest BCUT2D eigenvalue weighted by atomic mass is 10.1. The summed E-state index contributed by atoms with van der Waals surface area (Å²) in [6.45, 7) is -0.699. The topological polar surface area (TPSA) is 249 Å². The molecule has 8 atom stereocenters. The van der Waals surface area contributed by atoms with Crippen LogP contribution in [0.5, 0.6) is 0 Å². The van der Waals surface area contributed by atoms with Gasteiger partial charge in [-0.25, -0.2) is 28.6 Å². The molecule has 0 aliphatic carbocycles. The van der Waals surface area contributed by atoms with Crippen molar-refractivity contribution in [1.29, 1.82) is 0 Å². The van der Waals surface area contributed by atoms with Gasteiger partial charge in [0.2, 0.25) is 0 Å². The summed E-state index contributed by atoms with van der Waals surface area (Å²) in [6, 6.07) is 16.8. The molecule has 18 nitrogen and oxygen atoms in total. The van der Waals surface area contributed by atoms with Crippen LogP contribution < -0.4 is 10.8 Å². The maximum Gasteiger partial charge on any atom is 0.489 e. The Morgan fingerprint density at radius 1 is 0.867 bits per heavy atom. The molecule has 0 bridgehead atoms. The predicted molar refractivity (Wildman–Crippen MR) is 155 cm³/mol. The van der Waals surface area contributed by atoms with E-state index in [0.29, 0.717) is 17.6 Å². The lowest BCUT2D eigenvalue weighted by Gasteiger charge is -2.22. The van der Waals surface area contributed by atoms with Crippen LogP contribution in [0.4, 0.5) is 11.5 Å². The Kier molecular flexibility index (Phi) is 8.93. The maximum atomic E-state index is 12.7. The highest BCUT2D eigenvalue weighted by atomic mass is 31.3. The van der Waals surface area contributed by atoms with E-state index in [-0.39, 0.29) is 11.5 Å². The van der Waals surface area contributed by atoms with E-state index in [4.69, 9.17) is 24.5 Å². The van der Waals surface area contributed by atoms with E-state index < -0.39 is 60.8 Å². The second-order valence-corrected chi connectivity index (χ2v) is 14.6. The van der Waals surface area contributed by atoms with Crippen LogP contribution in [0.2, 0.25) is 0 Å². The second kappa shape index (κ2) is 12.6. The lowest BCUT2D eigenvalue weighted by Crippen LogP contribution is -2.31. The Labute approximate surface area is 254 Å². The Hall–Kier alpha value is -3.08. The number of nitrogens with two attached hydrogens (primary N) is 1. The molecule has 2 aromatic heterocycles. The fourth-order valence-corrected chi connectivity index (χ4v) is 8.60. The molecular weight excluding hydrogens is 657 g/mol. The highest BCUT2D eigenvalue weighted by molar-refractivity contribution is 7.68. The van der Waals surface area contributed by atoms with Gasteiger partial charge in [-0.2, -0.15) is 8.62 Å². The minimum Gasteiger partial charge on any atom is -0.382 e. The van der Waals surface area contributed by atoms with Crippen LogP contribution in [0.3, 0.4) is 0 Å². The minimum atomic E-state index is -5.64. The average Bonchev–Trinajstić information content (AvgIpc) is 3.66. The molecule has 45 heavy (non-hydrogen) atoms. The second-order valence-electron chi connectivity index (χ2n) is 9.86.